The number of aromatic nitrogens is 3. The molecule has 0 aromatic carbocycles. The molecular formula is C13H17N5S. The van der Waals surface area contributed by atoms with Crippen molar-refractivity contribution in [3.63, 3.8) is 0 Å². The number of hydrogen-bond acceptors (Lipinski definition) is 6. The van der Waals surface area contributed by atoms with Gasteiger partial charge in [-0.05, 0) is 13.0 Å². The SMILES string of the molecule is CC1CN(Cc2csc(-c3ncccn3)n2)CCN1. The van der Waals surface area contributed by atoms with Crippen molar-refractivity contribution in [2.75, 3.05) is 19.6 Å². The normalized spacial score (nSPS) is 20.6. The van der Waals surface area contributed by atoms with E-state index in [1.807, 2.05) is 6.07 Å². The van der Waals surface area contributed by atoms with Crippen LogP contribution in [0.5, 0.6) is 0 Å². The van der Waals surface area contributed by atoms with E-state index in [1.165, 1.54) is 0 Å². The molecule has 100 valence electrons. The fourth-order valence-electron chi connectivity index (χ4n) is 2.28. The van der Waals surface area contributed by atoms with Gasteiger partial charge in [0.1, 0.15) is 0 Å². The van der Waals surface area contributed by atoms with E-state index >= 15 is 0 Å². The number of hydrogen-bond donors (Lipinski definition) is 1. The standard InChI is InChI=1S/C13H17N5S/c1-10-7-18(6-5-14-10)8-11-9-19-13(17-11)12-15-3-2-4-16-12/h2-4,9-10,14H,5-8H2,1H3. The monoisotopic (exact) mass is 275 g/mol. The minimum atomic E-state index is 0.560. The molecule has 1 aliphatic heterocycles. The maximum Gasteiger partial charge on any atom is 0.188 e. The topological polar surface area (TPSA) is 53.9 Å². The molecule has 1 saturated heterocycles. The molecule has 3 rings (SSSR count). The fraction of sp³-hybridized carbons (Fsp3) is 0.462. The maximum atomic E-state index is 4.63. The molecule has 0 spiro atoms. The fourth-order valence-corrected chi connectivity index (χ4v) is 3.03. The van der Waals surface area contributed by atoms with E-state index in [0.29, 0.717) is 11.9 Å². The molecular weight excluding hydrogens is 258 g/mol. The molecule has 6 heteroatoms. The second-order valence-electron chi connectivity index (χ2n) is 4.81. The lowest BCUT2D eigenvalue weighted by Gasteiger charge is -2.31. The highest BCUT2D eigenvalue weighted by atomic mass is 32.1. The van der Waals surface area contributed by atoms with E-state index in [2.05, 4.69) is 37.5 Å². The zero-order chi connectivity index (χ0) is 13.1. The molecule has 1 aliphatic rings. The lowest BCUT2D eigenvalue weighted by Crippen LogP contribution is -2.48. The zero-order valence-electron chi connectivity index (χ0n) is 10.9. The second kappa shape index (κ2) is 5.73. The predicted octanol–water partition coefficient (Wildman–Crippen LogP) is 1.39. The lowest BCUT2D eigenvalue weighted by atomic mass is 10.2. The Morgan fingerprint density at radius 2 is 2.26 bits per heavy atom. The minimum absolute atomic E-state index is 0.560. The van der Waals surface area contributed by atoms with Gasteiger partial charge >= 0.3 is 0 Å². The maximum absolute atomic E-state index is 4.63. The summed E-state index contributed by atoms with van der Waals surface area (Å²) < 4.78 is 0. The third-order valence-electron chi connectivity index (χ3n) is 3.15. The van der Waals surface area contributed by atoms with Gasteiger partial charge in [-0.25, -0.2) is 15.0 Å². The molecule has 1 fully saturated rings. The largest absolute Gasteiger partial charge is 0.312 e. The van der Waals surface area contributed by atoms with E-state index in [0.717, 1.165) is 36.9 Å². The van der Waals surface area contributed by atoms with E-state index in [-0.39, 0.29) is 0 Å². The second-order valence-corrected chi connectivity index (χ2v) is 5.66. The van der Waals surface area contributed by atoms with E-state index < -0.39 is 0 Å². The van der Waals surface area contributed by atoms with Crippen LogP contribution in [-0.2, 0) is 6.54 Å². The van der Waals surface area contributed by atoms with Gasteiger partial charge in [-0.1, -0.05) is 0 Å². The molecule has 1 N–H and O–H groups in total. The van der Waals surface area contributed by atoms with Gasteiger partial charge in [0.15, 0.2) is 10.8 Å². The molecule has 2 aromatic heterocycles. The van der Waals surface area contributed by atoms with Gasteiger partial charge in [0.25, 0.3) is 0 Å². The first-order valence-corrected chi connectivity index (χ1v) is 7.37. The summed E-state index contributed by atoms with van der Waals surface area (Å²) in [4.78, 5) is 15.5. The molecule has 1 unspecified atom stereocenters. The molecule has 3 heterocycles. The Morgan fingerprint density at radius 3 is 3.05 bits per heavy atom. The first-order valence-electron chi connectivity index (χ1n) is 6.49. The first kappa shape index (κ1) is 12.7. The Kier molecular flexibility index (Phi) is 3.82. The molecule has 0 bridgehead atoms. The van der Waals surface area contributed by atoms with Crippen molar-refractivity contribution in [2.24, 2.45) is 0 Å². The number of nitrogens with zero attached hydrogens (tertiary/aromatic N) is 4. The number of piperazine rings is 1. The Morgan fingerprint density at radius 1 is 1.42 bits per heavy atom. The van der Waals surface area contributed by atoms with Crippen molar-refractivity contribution in [2.45, 2.75) is 19.5 Å². The third-order valence-corrected chi connectivity index (χ3v) is 4.03. The summed E-state index contributed by atoms with van der Waals surface area (Å²) in [5.74, 6) is 0.715. The van der Waals surface area contributed by atoms with Crippen molar-refractivity contribution >= 4 is 11.3 Å². The molecule has 0 radical (unpaired) electrons. The number of nitrogens with one attached hydrogen (secondary N) is 1. The quantitative estimate of drug-likeness (QED) is 0.917. The van der Waals surface area contributed by atoms with Crippen LogP contribution in [0, 0.1) is 0 Å². The summed E-state index contributed by atoms with van der Waals surface area (Å²) in [5, 5.41) is 6.46. The van der Waals surface area contributed by atoms with Crippen molar-refractivity contribution in [1.82, 2.24) is 25.2 Å². The summed E-state index contributed by atoms with van der Waals surface area (Å²) in [6.45, 7) is 6.35. The van der Waals surface area contributed by atoms with Crippen molar-refractivity contribution < 1.29 is 0 Å². The number of rotatable bonds is 3. The van der Waals surface area contributed by atoms with Crippen LogP contribution in [0.1, 0.15) is 12.6 Å². The average Bonchev–Trinajstić information content (AvgIpc) is 2.88. The highest BCUT2D eigenvalue weighted by Gasteiger charge is 2.17. The van der Waals surface area contributed by atoms with Crippen molar-refractivity contribution in [1.29, 1.82) is 0 Å². The van der Waals surface area contributed by atoms with E-state index in [4.69, 9.17) is 0 Å². The van der Waals surface area contributed by atoms with Gasteiger partial charge in [-0.3, -0.25) is 4.90 Å². The van der Waals surface area contributed by atoms with Crippen LogP contribution in [0.15, 0.2) is 23.8 Å². The average molecular weight is 275 g/mol. The van der Waals surface area contributed by atoms with Gasteiger partial charge in [0, 0.05) is 50.0 Å². The third kappa shape index (κ3) is 3.15. The summed E-state index contributed by atoms with van der Waals surface area (Å²) in [5.41, 5.74) is 1.11. The summed E-state index contributed by atoms with van der Waals surface area (Å²) >= 11 is 1.61. The van der Waals surface area contributed by atoms with Gasteiger partial charge in [0.05, 0.1) is 5.69 Å². The molecule has 5 nitrogen and oxygen atoms in total. The highest BCUT2D eigenvalue weighted by molar-refractivity contribution is 7.13. The van der Waals surface area contributed by atoms with E-state index in [9.17, 15) is 0 Å². The van der Waals surface area contributed by atoms with Crippen LogP contribution >= 0.6 is 11.3 Å². The molecule has 0 amide bonds. The Labute approximate surface area is 116 Å². The lowest BCUT2D eigenvalue weighted by molar-refractivity contribution is 0.198. The predicted molar refractivity (Wildman–Crippen MR) is 75.9 cm³/mol. The molecule has 2 aromatic rings. The van der Waals surface area contributed by atoms with Crippen LogP contribution < -0.4 is 5.32 Å². The van der Waals surface area contributed by atoms with Crippen LogP contribution in [0.25, 0.3) is 10.8 Å². The molecule has 1 atom stereocenters. The first-order chi connectivity index (χ1) is 9.31. The van der Waals surface area contributed by atoms with Gasteiger partial charge in [-0.2, -0.15) is 0 Å². The van der Waals surface area contributed by atoms with Crippen molar-refractivity contribution in [3.05, 3.63) is 29.5 Å². The molecule has 0 saturated carbocycles. The summed E-state index contributed by atoms with van der Waals surface area (Å²) in [6.07, 6.45) is 3.50. The summed E-state index contributed by atoms with van der Waals surface area (Å²) in [7, 11) is 0. The van der Waals surface area contributed by atoms with Crippen LogP contribution in [0.3, 0.4) is 0 Å². The van der Waals surface area contributed by atoms with Crippen LogP contribution in [-0.4, -0.2) is 45.5 Å². The Balaban J connectivity index is 1.68. The zero-order valence-corrected chi connectivity index (χ0v) is 11.7. The Bertz CT molecular complexity index is 527. The van der Waals surface area contributed by atoms with Crippen molar-refractivity contribution in [3.8, 4) is 10.8 Å². The van der Waals surface area contributed by atoms with E-state index in [1.54, 1.807) is 23.7 Å². The van der Waals surface area contributed by atoms with Gasteiger partial charge < -0.3 is 5.32 Å². The Hall–Kier alpha value is -1.37. The van der Waals surface area contributed by atoms with Crippen LogP contribution in [0.4, 0.5) is 0 Å². The smallest absolute Gasteiger partial charge is 0.188 e. The summed E-state index contributed by atoms with van der Waals surface area (Å²) in [6, 6.07) is 2.38. The van der Waals surface area contributed by atoms with Gasteiger partial charge in [-0.15, -0.1) is 11.3 Å². The van der Waals surface area contributed by atoms with Crippen LogP contribution in [0.2, 0.25) is 0 Å². The molecule has 19 heavy (non-hydrogen) atoms. The molecule has 0 aliphatic carbocycles. The van der Waals surface area contributed by atoms with Gasteiger partial charge in [0.2, 0.25) is 0 Å². The minimum Gasteiger partial charge on any atom is -0.312 e. The highest BCUT2D eigenvalue weighted by Crippen LogP contribution is 2.20. The number of thiazole rings is 1.